The number of amides is 2. The number of benzene rings is 1. The van der Waals surface area contributed by atoms with E-state index in [2.05, 4.69) is 31.0 Å². The molecule has 3 rings (SSSR count). The zero-order valence-corrected chi connectivity index (χ0v) is 16.0. The molecule has 0 saturated heterocycles. The highest BCUT2D eigenvalue weighted by molar-refractivity contribution is 7.15. The molecular weight excluding hydrogens is 422 g/mol. The summed E-state index contributed by atoms with van der Waals surface area (Å²) >= 11 is 6.75. The van der Waals surface area contributed by atoms with E-state index in [1.165, 1.54) is 6.21 Å². The van der Waals surface area contributed by atoms with Crippen molar-refractivity contribution in [1.29, 1.82) is 0 Å². The highest BCUT2D eigenvalue weighted by Gasteiger charge is 2.13. The van der Waals surface area contributed by atoms with Crippen LogP contribution in [0.2, 0.25) is 5.02 Å². The number of rotatable bonds is 6. The zero-order chi connectivity index (χ0) is 20.8. The summed E-state index contributed by atoms with van der Waals surface area (Å²) in [4.78, 5) is 50.6. The van der Waals surface area contributed by atoms with Crippen LogP contribution in [0.15, 0.2) is 45.0 Å². The average molecular weight is 434 g/mol. The second-order valence-corrected chi connectivity index (χ2v) is 6.98. The van der Waals surface area contributed by atoms with Crippen LogP contribution in [-0.4, -0.2) is 38.2 Å². The van der Waals surface area contributed by atoms with Crippen LogP contribution in [0.25, 0.3) is 0 Å². The van der Waals surface area contributed by atoms with Crippen molar-refractivity contribution < 1.29 is 9.59 Å². The first-order valence-corrected chi connectivity index (χ1v) is 9.13. The number of anilines is 1. The van der Waals surface area contributed by atoms with Gasteiger partial charge in [0.2, 0.25) is 11.0 Å². The second-order valence-electron chi connectivity index (χ2n) is 5.48. The fraction of sp³-hybridized carbons (Fsp3) is 0.0625. The maximum Gasteiger partial charge on any atom is 0.326 e. The Morgan fingerprint density at radius 2 is 1.93 bits per heavy atom. The van der Waals surface area contributed by atoms with Crippen LogP contribution < -0.4 is 22.0 Å². The SMILES string of the molecule is O=C(Cc1nnc(NC(=O)c2cc(=O)[nH]c(=O)[nH]2)s1)N/N=C\c1ccc(Cl)cc1. The van der Waals surface area contributed by atoms with Gasteiger partial charge in [-0.1, -0.05) is 35.1 Å². The van der Waals surface area contributed by atoms with E-state index in [-0.39, 0.29) is 17.2 Å². The molecule has 2 aromatic heterocycles. The summed E-state index contributed by atoms with van der Waals surface area (Å²) < 4.78 is 0. The van der Waals surface area contributed by atoms with Crippen LogP contribution in [0.1, 0.15) is 21.1 Å². The number of hydrogen-bond donors (Lipinski definition) is 4. The van der Waals surface area contributed by atoms with E-state index in [9.17, 15) is 19.2 Å². The van der Waals surface area contributed by atoms with Crippen LogP contribution in [0.3, 0.4) is 0 Å². The number of nitrogens with zero attached hydrogens (tertiary/aromatic N) is 3. The van der Waals surface area contributed by atoms with Crippen molar-refractivity contribution in [3.05, 3.63) is 72.5 Å². The van der Waals surface area contributed by atoms with Gasteiger partial charge in [0.25, 0.3) is 11.5 Å². The topological polar surface area (TPSA) is 162 Å². The number of aromatic nitrogens is 4. The summed E-state index contributed by atoms with van der Waals surface area (Å²) in [5.41, 5.74) is 1.36. The minimum atomic E-state index is -0.809. The first-order chi connectivity index (χ1) is 13.9. The molecule has 0 unspecified atom stereocenters. The van der Waals surface area contributed by atoms with Crippen molar-refractivity contribution >= 4 is 46.1 Å². The minimum Gasteiger partial charge on any atom is -0.303 e. The van der Waals surface area contributed by atoms with Gasteiger partial charge in [-0.05, 0) is 17.7 Å². The summed E-state index contributed by atoms with van der Waals surface area (Å²) in [5, 5.41) is 14.8. The number of nitrogens with one attached hydrogen (secondary N) is 4. The number of hydrogen-bond acceptors (Lipinski definition) is 8. The third kappa shape index (κ3) is 5.92. The van der Waals surface area contributed by atoms with Gasteiger partial charge in [-0.25, -0.2) is 10.2 Å². The molecule has 0 aliphatic heterocycles. The normalized spacial score (nSPS) is 10.8. The minimum absolute atomic E-state index is 0.101. The van der Waals surface area contributed by atoms with E-state index >= 15 is 0 Å². The molecule has 13 heteroatoms. The van der Waals surface area contributed by atoms with Crippen molar-refractivity contribution in [3.63, 3.8) is 0 Å². The number of H-pyrrole nitrogens is 2. The Labute approximate surface area is 170 Å². The predicted octanol–water partition coefficient (Wildman–Crippen LogP) is 0.513. The molecule has 0 bridgehead atoms. The van der Waals surface area contributed by atoms with Crippen molar-refractivity contribution in [1.82, 2.24) is 25.6 Å². The molecule has 0 aliphatic carbocycles. The van der Waals surface area contributed by atoms with Gasteiger partial charge < -0.3 is 4.98 Å². The Bertz CT molecular complexity index is 1150. The fourth-order valence-corrected chi connectivity index (χ4v) is 2.90. The van der Waals surface area contributed by atoms with E-state index in [4.69, 9.17) is 11.6 Å². The Hall–Kier alpha value is -3.64. The van der Waals surface area contributed by atoms with Crippen molar-refractivity contribution in [3.8, 4) is 0 Å². The van der Waals surface area contributed by atoms with Crippen LogP contribution in [0.4, 0.5) is 5.13 Å². The van der Waals surface area contributed by atoms with Gasteiger partial charge in [0.1, 0.15) is 10.7 Å². The maximum absolute atomic E-state index is 12.0. The van der Waals surface area contributed by atoms with Crippen LogP contribution in [0, 0.1) is 0 Å². The molecule has 0 radical (unpaired) electrons. The molecule has 29 heavy (non-hydrogen) atoms. The highest BCUT2D eigenvalue weighted by atomic mass is 35.5. The van der Waals surface area contributed by atoms with Gasteiger partial charge in [-0.3, -0.25) is 24.7 Å². The Morgan fingerprint density at radius 3 is 2.66 bits per heavy atom. The van der Waals surface area contributed by atoms with Crippen molar-refractivity contribution in [2.24, 2.45) is 5.10 Å². The van der Waals surface area contributed by atoms with E-state index in [0.29, 0.717) is 10.0 Å². The van der Waals surface area contributed by atoms with Crippen molar-refractivity contribution in [2.45, 2.75) is 6.42 Å². The van der Waals surface area contributed by atoms with Gasteiger partial charge in [0.05, 0.1) is 12.6 Å². The molecule has 1 aromatic carbocycles. The summed E-state index contributed by atoms with van der Waals surface area (Å²) in [7, 11) is 0. The van der Waals surface area contributed by atoms with E-state index in [1.54, 1.807) is 24.3 Å². The Kier molecular flexibility index (Phi) is 6.26. The lowest BCUT2D eigenvalue weighted by atomic mass is 10.2. The number of hydrazone groups is 1. The number of halogens is 1. The van der Waals surface area contributed by atoms with Gasteiger partial charge in [-0.15, -0.1) is 10.2 Å². The molecule has 0 aliphatic rings. The molecule has 0 atom stereocenters. The molecule has 3 aromatic rings. The van der Waals surface area contributed by atoms with Crippen LogP contribution in [0.5, 0.6) is 0 Å². The lowest BCUT2D eigenvalue weighted by Crippen LogP contribution is -2.27. The largest absolute Gasteiger partial charge is 0.326 e. The second kappa shape index (κ2) is 9.03. The maximum atomic E-state index is 12.0. The van der Waals surface area contributed by atoms with Crippen LogP contribution in [-0.2, 0) is 11.2 Å². The molecule has 2 heterocycles. The molecule has 0 fully saturated rings. The zero-order valence-electron chi connectivity index (χ0n) is 14.4. The summed E-state index contributed by atoms with van der Waals surface area (Å²) in [6.07, 6.45) is 1.36. The van der Waals surface area contributed by atoms with E-state index < -0.39 is 23.1 Å². The summed E-state index contributed by atoms with van der Waals surface area (Å²) in [5.74, 6) is -1.17. The standard InChI is InChI=1S/C16H12ClN7O4S/c17-9-3-1-8(2-4-9)7-18-22-12(26)6-13-23-24-16(29-13)21-14(27)10-5-11(25)20-15(28)19-10/h1-5,7H,6H2,(H,22,26)(H,21,24,27)(H2,19,20,25,28)/b18-7-. The number of carbonyl (C=O) groups excluding carboxylic acids is 2. The molecule has 0 spiro atoms. The lowest BCUT2D eigenvalue weighted by molar-refractivity contribution is -0.120. The molecule has 0 saturated carbocycles. The average Bonchev–Trinajstić information content (AvgIpc) is 3.09. The number of aromatic amines is 2. The van der Waals surface area contributed by atoms with Crippen molar-refractivity contribution in [2.75, 3.05) is 5.32 Å². The molecule has 4 N–H and O–H groups in total. The third-order valence-electron chi connectivity index (χ3n) is 3.28. The van der Waals surface area contributed by atoms with Gasteiger partial charge >= 0.3 is 5.69 Å². The molecule has 2 amide bonds. The lowest BCUT2D eigenvalue weighted by Gasteiger charge is -1.99. The summed E-state index contributed by atoms with van der Waals surface area (Å²) in [6.45, 7) is 0. The van der Waals surface area contributed by atoms with Crippen LogP contribution >= 0.6 is 22.9 Å². The quantitative estimate of drug-likeness (QED) is 0.327. The first kappa shape index (κ1) is 20.1. The molecular formula is C16H12ClN7O4S. The van der Waals surface area contributed by atoms with Gasteiger partial charge in [-0.2, -0.15) is 5.10 Å². The van der Waals surface area contributed by atoms with E-state index in [0.717, 1.165) is 23.0 Å². The fourth-order valence-electron chi connectivity index (χ4n) is 2.04. The Balaban J connectivity index is 1.54. The molecule has 148 valence electrons. The number of carbonyl (C=O) groups is 2. The summed E-state index contributed by atoms with van der Waals surface area (Å²) in [6, 6.07) is 7.81. The smallest absolute Gasteiger partial charge is 0.303 e. The molecule has 11 nitrogen and oxygen atoms in total. The third-order valence-corrected chi connectivity index (χ3v) is 4.37. The highest BCUT2D eigenvalue weighted by Crippen LogP contribution is 2.16. The predicted molar refractivity (Wildman–Crippen MR) is 106 cm³/mol. The first-order valence-electron chi connectivity index (χ1n) is 7.94. The Morgan fingerprint density at radius 1 is 1.17 bits per heavy atom. The van der Waals surface area contributed by atoms with Gasteiger partial charge in [0.15, 0.2) is 0 Å². The van der Waals surface area contributed by atoms with E-state index in [1.807, 2.05) is 4.98 Å². The monoisotopic (exact) mass is 433 g/mol. The van der Waals surface area contributed by atoms with Gasteiger partial charge in [0, 0.05) is 11.1 Å².